The van der Waals surface area contributed by atoms with E-state index in [-0.39, 0.29) is 44.5 Å². The number of hydrogen-bond donors (Lipinski definition) is 2. The summed E-state index contributed by atoms with van der Waals surface area (Å²) in [6.07, 6.45) is 0.173. The van der Waals surface area contributed by atoms with Gasteiger partial charge in [-0.05, 0) is 59.0 Å². The molecule has 0 bridgehead atoms. The number of carbonyl (C=O) groups excluding carboxylic acids is 2. The lowest BCUT2D eigenvalue weighted by Gasteiger charge is -2.25. The largest absolute Gasteiger partial charge is 0.497 e. The van der Waals surface area contributed by atoms with Crippen molar-refractivity contribution in [3.05, 3.63) is 119 Å². The Morgan fingerprint density at radius 1 is 0.689 bits per heavy atom. The lowest BCUT2D eigenvalue weighted by Crippen LogP contribution is -2.35. The fourth-order valence-corrected chi connectivity index (χ4v) is 5.20. The van der Waals surface area contributed by atoms with Gasteiger partial charge in [-0.1, -0.05) is 66.7 Å². The summed E-state index contributed by atoms with van der Waals surface area (Å²) in [6, 6.07) is 29.0. The number of carbonyl (C=O) groups is 3. The number of benzene rings is 4. The summed E-state index contributed by atoms with van der Waals surface area (Å²) in [4.78, 5) is 42.7. The van der Waals surface area contributed by atoms with Crippen molar-refractivity contribution in [2.75, 3.05) is 40.5 Å². The van der Waals surface area contributed by atoms with Crippen molar-refractivity contribution < 1.29 is 34.1 Å². The van der Waals surface area contributed by atoms with Gasteiger partial charge >= 0.3 is 5.97 Å². The molecule has 4 aromatic rings. The molecule has 0 fully saturated rings. The van der Waals surface area contributed by atoms with E-state index in [1.807, 2.05) is 36.4 Å². The highest BCUT2D eigenvalue weighted by Crippen LogP contribution is 2.30. The third kappa shape index (κ3) is 8.49. The van der Waals surface area contributed by atoms with Gasteiger partial charge in [0.15, 0.2) is 0 Å². The highest BCUT2D eigenvalue weighted by molar-refractivity contribution is 6.06. The molecule has 2 amide bonds. The van der Waals surface area contributed by atoms with Gasteiger partial charge < -0.3 is 29.5 Å². The minimum atomic E-state index is -1.02. The van der Waals surface area contributed by atoms with E-state index in [1.54, 1.807) is 79.8 Å². The van der Waals surface area contributed by atoms with Gasteiger partial charge in [-0.3, -0.25) is 14.4 Å². The fraction of sp³-hybridized carbons (Fsp3) is 0.250. The van der Waals surface area contributed by atoms with E-state index >= 15 is 0 Å². The maximum Gasteiger partial charge on any atom is 0.305 e. The average molecular weight is 611 g/mol. The molecule has 0 aromatic heterocycles. The molecule has 0 aliphatic carbocycles. The third-order valence-corrected chi connectivity index (χ3v) is 7.50. The second-order valence-corrected chi connectivity index (χ2v) is 10.4. The molecule has 0 radical (unpaired) electrons. The van der Waals surface area contributed by atoms with Gasteiger partial charge in [-0.2, -0.15) is 0 Å². The Morgan fingerprint density at radius 3 is 1.87 bits per heavy atom. The first-order valence-electron chi connectivity index (χ1n) is 14.7. The molecule has 9 heteroatoms. The standard InChI is InChI=1S/C36H38N2O7/c1-44-28-16-17-33(45-2)27(24-28)18-20-37(21-19-34(40)41)35(42)31-14-8-6-12-29(31)30-13-7-9-15-32(30)36(43)38(22-23-39)25-26-10-4-3-5-11-26/h3-17,24,39H,18-23,25H2,1-2H3,(H,40,41). The summed E-state index contributed by atoms with van der Waals surface area (Å²) in [7, 11) is 3.13. The first kappa shape index (κ1) is 32.8. The van der Waals surface area contributed by atoms with Crippen LogP contribution in [0.15, 0.2) is 97.1 Å². The molecule has 234 valence electrons. The normalized spacial score (nSPS) is 10.6. The van der Waals surface area contributed by atoms with Crippen molar-refractivity contribution in [1.29, 1.82) is 0 Å². The van der Waals surface area contributed by atoms with Crippen molar-refractivity contribution in [2.45, 2.75) is 19.4 Å². The minimum Gasteiger partial charge on any atom is -0.497 e. The van der Waals surface area contributed by atoms with Crippen LogP contribution in [0.25, 0.3) is 11.1 Å². The molecule has 0 spiro atoms. The van der Waals surface area contributed by atoms with Crippen LogP contribution >= 0.6 is 0 Å². The molecule has 0 saturated heterocycles. The molecule has 0 aliphatic rings. The van der Waals surface area contributed by atoms with E-state index < -0.39 is 5.97 Å². The Labute approximate surface area is 263 Å². The molecule has 0 heterocycles. The maximum absolute atomic E-state index is 14.2. The molecule has 4 rings (SSSR count). The summed E-state index contributed by atoms with van der Waals surface area (Å²) in [6.45, 7) is 0.472. The Bertz CT molecular complexity index is 1610. The van der Waals surface area contributed by atoms with Crippen LogP contribution in [0, 0.1) is 0 Å². The van der Waals surface area contributed by atoms with E-state index in [2.05, 4.69) is 0 Å². The van der Waals surface area contributed by atoms with Crippen LogP contribution in [0.3, 0.4) is 0 Å². The smallest absolute Gasteiger partial charge is 0.305 e. The van der Waals surface area contributed by atoms with E-state index in [4.69, 9.17) is 9.47 Å². The topological polar surface area (TPSA) is 117 Å². The number of aliphatic hydroxyl groups is 1. The number of carboxylic acids is 1. The number of aliphatic carboxylic acids is 1. The number of hydrogen-bond acceptors (Lipinski definition) is 6. The molecule has 0 saturated carbocycles. The number of aliphatic hydroxyl groups excluding tert-OH is 1. The van der Waals surface area contributed by atoms with Crippen LogP contribution in [0.1, 0.15) is 38.3 Å². The van der Waals surface area contributed by atoms with Crippen molar-refractivity contribution in [2.24, 2.45) is 0 Å². The Morgan fingerprint density at radius 2 is 1.29 bits per heavy atom. The zero-order chi connectivity index (χ0) is 32.2. The zero-order valence-corrected chi connectivity index (χ0v) is 25.5. The molecule has 9 nitrogen and oxygen atoms in total. The van der Waals surface area contributed by atoms with Crippen LogP contribution in [0.2, 0.25) is 0 Å². The first-order chi connectivity index (χ1) is 21.9. The van der Waals surface area contributed by atoms with Crippen LogP contribution in [0.5, 0.6) is 11.5 Å². The van der Waals surface area contributed by atoms with Crippen molar-refractivity contribution in [3.63, 3.8) is 0 Å². The monoisotopic (exact) mass is 610 g/mol. The second kappa shape index (κ2) is 16.1. The van der Waals surface area contributed by atoms with E-state index in [0.717, 1.165) is 11.1 Å². The summed E-state index contributed by atoms with van der Waals surface area (Å²) < 4.78 is 10.9. The lowest BCUT2D eigenvalue weighted by atomic mass is 9.93. The van der Waals surface area contributed by atoms with Gasteiger partial charge in [-0.15, -0.1) is 0 Å². The Kier molecular flexibility index (Phi) is 11.7. The van der Waals surface area contributed by atoms with Gasteiger partial charge in [0.2, 0.25) is 0 Å². The second-order valence-electron chi connectivity index (χ2n) is 10.4. The predicted molar refractivity (Wildman–Crippen MR) is 172 cm³/mol. The Hall–Kier alpha value is -5.15. The van der Waals surface area contributed by atoms with Crippen LogP contribution < -0.4 is 9.47 Å². The number of nitrogens with zero attached hydrogens (tertiary/aromatic N) is 2. The molecule has 2 N–H and O–H groups in total. The van der Waals surface area contributed by atoms with Crippen LogP contribution in [0.4, 0.5) is 0 Å². The number of carboxylic acid groups (broad SMARTS) is 1. The maximum atomic E-state index is 14.2. The molecule has 0 aliphatic heterocycles. The Balaban J connectivity index is 1.68. The minimum absolute atomic E-state index is 0.00326. The van der Waals surface area contributed by atoms with E-state index in [9.17, 15) is 24.6 Å². The quantitative estimate of drug-likeness (QED) is 0.191. The number of amides is 2. The highest BCUT2D eigenvalue weighted by Gasteiger charge is 2.25. The van der Waals surface area contributed by atoms with E-state index in [1.165, 1.54) is 4.90 Å². The third-order valence-electron chi connectivity index (χ3n) is 7.50. The number of ether oxygens (including phenoxy) is 2. The molecule has 45 heavy (non-hydrogen) atoms. The SMILES string of the molecule is COc1ccc(OC)c(CCN(CCC(=O)O)C(=O)c2ccccc2-c2ccccc2C(=O)N(CCO)Cc2ccccc2)c1. The molecule has 4 aromatic carbocycles. The molecule has 0 unspecified atom stereocenters. The van der Waals surface area contributed by atoms with Crippen LogP contribution in [-0.2, 0) is 17.8 Å². The van der Waals surface area contributed by atoms with Gasteiger partial charge in [0.1, 0.15) is 11.5 Å². The summed E-state index contributed by atoms with van der Waals surface area (Å²) in [5.41, 5.74) is 3.59. The first-order valence-corrected chi connectivity index (χ1v) is 14.7. The van der Waals surface area contributed by atoms with Gasteiger partial charge in [0.05, 0.1) is 27.2 Å². The van der Waals surface area contributed by atoms with E-state index in [0.29, 0.717) is 46.7 Å². The van der Waals surface area contributed by atoms with Gasteiger partial charge in [0.25, 0.3) is 11.8 Å². The van der Waals surface area contributed by atoms with Gasteiger partial charge in [-0.25, -0.2) is 0 Å². The molecule has 0 atom stereocenters. The molecular formula is C36H38N2O7. The van der Waals surface area contributed by atoms with Crippen molar-refractivity contribution in [1.82, 2.24) is 9.80 Å². The molecular weight excluding hydrogens is 572 g/mol. The number of rotatable bonds is 15. The highest BCUT2D eigenvalue weighted by atomic mass is 16.5. The van der Waals surface area contributed by atoms with Crippen molar-refractivity contribution in [3.8, 4) is 22.6 Å². The number of methoxy groups -OCH3 is 2. The van der Waals surface area contributed by atoms with Gasteiger partial charge in [0, 0.05) is 37.3 Å². The van der Waals surface area contributed by atoms with Crippen LogP contribution in [-0.4, -0.2) is 78.3 Å². The fourth-order valence-electron chi connectivity index (χ4n) is 5.20. The zero-order valence-electron chi connectivity index (χ0n) is 25.5. The van der Waals surface area contributed by atoms with Crippen molar-refractivity contribution >= 4 is 17.8 Å². The lowest BCUT2D eigenvalue weighted by molar-refractivity contribution is -0.137. The predicted octanol–water partition coefficient (Wildman–Crippen LogP) is 5.17. The average Bonchev–Trinajstić information content (AvgIpc) is 3.07. The summed E-state index contributed by atoms with van der Waals surface area (Å²) in [5.74, 6) is -0.370. The summed E-state index contributed by atoms with van der Waals surface area (Å²) in [5, 5.41) is 19.2. The summed E-state index contributed by atoms with van der Waals surface area (Å²) >= 11 is 0.